The average molecular weight is 502 g/mol. The number of carbonyl (C=O) groups excluding carboxylic acids is 1. The number of hydrogen-bond acceptors (Lipinski definition) is 2. The number of halogens is 7. The van der Waals surface area contributed by atoms with Crippen LogP contribution in [0.25, 0.3) is 10.8 Å². The average Bonchev–Trinajstić information content (AvgIpc) is 2.74. The molecule has 3 nitrogen and oxygen atoms in total. The van der Waals surface area contributed by atoms with Crippen LogP contribution in [0.3, 0.4) is 0 Å². The van der Waals surface area contributed by atoms with E-state index in [2.05, 4.69) is 5.32 Å². The Morgan fingerprint density at radius 1 is 0.971 bits per heavy atom. The second-order valence-electron chi connectivity index (χ2n) is 8.04. The van der Waals surface area contributed by atoms with Crippen LogP contribution in [-0.4, -0.2) is 11.9 Å². The number of benzene rings is 3. The zero-order valence-corrected chi connectivity index (χ0v) is 18.2. The van der Waals surface area contributed by atoms with Crippen molar-refractivity contribution in [2.24, 2.45) is 0 Å². The van der Waals surface area contributed by atoms with E-state index in [1.54, 1.807) is 24.3 Å². The molecule has 4 rings (SSSR count). The Morgan fingerprint density at radius 3 is 2.24 bits per heavy atom. The summed E-state index contributed by atoms with van der Waals surface area (Å²) in [5.74, 6) is -0.485. The zero-order valence-electron chi connectivity index (χ0n) is 17.5. The first-order chi connectivity index (χ1) is 15.9. The van der Waals surface area contributed by atoms with Gasteiger partial charge in [0.15, 0.2) is 0 Å². The van der Waals surface area contributed by atoms with Crippen LogP contribution in [0.1, 0.15) is 46.3 Å². The van der Waals surface area contributed by atoms with Gasteiger partial charge in [-0.1, -0.05) is 41.9 Å². The molecule has 1 N–H and O–H groups in total. The minimum atomic E-state index is -5.04. The van der Waals surface area contributed by atoms with Crippen LogP contribution >= 0.6 is 11.6 Å². The highest BCUT2D eigenvalue weighted by atomic mass is 35.5. The fourth-order valence-corrected chi connectivity index (χ4v) is 4.01. The SMILES string of the molecule is O=C(NC1CCC1)c1cc(Cl)c2ccccc2c1OCc1ccc(C(F)(F)F)cc1C(F)(F)F. The van der Waals surface area contributed by atoms with Gasteiger partial charge in [0.25, 0.3) is 5.91 Å². The molecule has 1 aliphatic carbocycles. The highest BCUT2D eigenvalue weighted by Gasteiger charge is 2.38. The highest BCUT2D eigenvalue weighted by molar-refractivity contribution is 6.36. The Morgan fingerprint density at radius 2 is 1.65 bits per heavy atom. The lowest BCUT2D eigenvalue weighted by Crippen LogP contribution is -2.39. The molecule has 0 unspecified atom stereocenters. The van der Waals surface area contributed by atoms with Gasteiger partial charge in [0, 0.05) is 27.4 Å². The third-order valence-electron chi connectivity index (χ3n) is 5.74. The normalized spacial score (nSPS) is 14.7. The van der Waals surface area contributed by atoms with Gasteiger partial charge in [-0.25, -0.2) is 0 Å². The summed E-state index contributed by atoms with van der Waals surface area (Å²) in [7, 11) is 0. The Labute approximate surface area is 195 Å². The van der Waals surface area contributed by atoms with E-state index in [-0.39, 0.29) is 28.4 Å². The number of nitrogens with one attached hydrogen (secondary N) is 1. The van der Waals surface area contributed by atoms with Crippen molar-refractivity contribution < 1.29 is 35.9 Å². The molecule has 0 spiro atoms. The summed E-state index contributed by atoms with van der Waals surface area (Å²) >= 11 is 6.33. The van der Waals surface area contributed by atoms with Crippen LogP contribution in [-0.2, 0) is 19.0 Å². The predicted octanol–water partition coefficient (Wildman–Crippen LogP) is 7.39. The van der Waals surface area contributed by atoms with Gasteiger partial charge < -0.3 is 10.1 Å². The molecular weight excluding hydrogens is 484 g/mol. The van der Waals surface area contributed by atoms with Crippen LogP contribution < -0.4 is 10.1 Å². The van der Waals surface area contributed by atoms with Crippen LogP contribution in [0.2, 0.25) is 5.02 Å². The van der Waals surface area contributed by atoms with Gasteiger partial charge in [-0.15, -0.1) is 0 Å². The fourth-order valence-electron chi connectivity index (χ4n) is 3.74. The fraction of sp³-hybridized carbons (Fsp3) is 0.292. The number of carbonyl (C=O) groups is 1. The zero-order chi connectivity index (χ0) is 24.7. The summed E-state index contributed by atoms with van der Waals surface area (Å²) in [6, 6.07) is 9.34. The number of hydrogen-bond donors (Lipinski definition) is 1. The first kappa shape index (κ1) is 24.2. The third-order valence-corrected chi connectivity index (χ3v) is 6.06. The predicted molar refractivity (Wildman–Crippen MR) is 115 cm³/mol. The van der Waals surface area contributed by atoms with Gasteiger partial charge in [0.2, 0.25) is 0 Å². The molecule has 1 saturated carbocycles. The van der Waals surface area contributed by atoms with Crippen molar-refractivity contribution in [3.05, 3.63) is 75.8 Å². The summed E-state index contributed by atoms with van der Waals surface area (Å²) in [4.78, 5) is 12.9. The number of fused-ring (bicyclic) bond motifs is 1. The summed E-state index contributed by atoms with van der Waals surface area (Å²) in [6.45, 7) is -0.706. The van der Waals surface area contributed by atoms with E-state index in [1.165, 1.54) is 6.07 Å². The quantitative estimate of drug-likeness (QED) is 0.370. The maximum atomic E-state index is 13.5. The third kappa shape index (κ3) is 4.94. The van der Waals surface area contributed by atoms with E-state index in [9.17, 15) is 31.1 Å². The van der Waals surface area contributed by atoms with E-state index >= 15 is 0 Å². The van der Waals surface area contributed by atoms with E-state index in [0.29, 0.717) is 16.8 Å². The molecule has 1 amide bonds. The summed E-state index contributed by atoms with van der Waals surface area (Å²) in [5.41, 5.74) is -3.33. The van der Waals surface area contributed by atoms with Crippen molar-refractivity contribution in [3.63, 3.8) is 0 Å². The first-order valence-corrected chi connectivity index (χ1v) is 10.7. The van der Waals surface area contributed by atoms with E-state index in [4.69, 9.17) is 16.3 Å². The van der Waals surface area contributed by atoms with Crippen molar-refractivity contribution in [1.82, 2.24) is 5.32 Å². The molecule has 34 heavy (non-hydrogen) atoms. The van der Waals surface area contributed by atoms with Crippen molar-refractivity contribution in [1.29, 1.82) is 0 Å². The molecule has 0 bridgehead atoms. The summed E-state index contributed by atoms with van der Waals surface area (Å²) < 4.78 is 85.3. The molecule has 3 aromatic carbocycles. The molecule has 0 aromatic heterocycles. The number of amides is 1. The van der Waals surface area contributed by atoms with Crippen LogP contribution in [0.5, 0.6) is 5.75 Å². The van der Waals surface area contributed by atoms with Gasteiger partial charge >= 0.3 is 12.4 Å². The Balaban J connectivity index is 1.74. The van der Waals surface area contributed by atoms with E-state index < -0.39 is 41.6 Å². The molecule has 10 heteroatoms. The minimum Gasteiger partial charge on any atom is -0.487 e. The Bertz CT molecular complexity index is 1230. The van der Waals surface area contributed by atoms with E-state index in [0.717, 1.165) is 25.3 Å². The van der Waals surface area contributed by atoms with Gasteiger partial charge in [-0.3, -0.25) is 4.79 Å². The molecule has 1 fully saturated rings. The maximum Gasteiger partial charge on any atom is 0.416 e. The summed E-state index contributed by atoms with van der Waals surface area (Å²) in [5, 5.41) is 4.01. The lowest BCUT2D eigenvalue weighted by atomic mass is 9.92. The second kappa shape index (κ2) is 9.02. The van der Waals surface area contributed by atoms with Crippen molar-refractivity contribution >= 4 is 28.3 Å². The largest absolute Gasteiger partial charge is 0.487 e. The molecule has 0 saturated heterocycles. The number of alkyl halides is 6. The van der Waals surface area contributed by atoms with Crippen LogP contribution in [0, 0.1) is 0 Å². The monoisotopic (exact) mass is 501 g/mol. The van der Waals surface area contributed by atoms with Crippen molar-refractivity contribution in [2.45, 2.75) is 44.3 Å². The molecular formula is C24H18ClF6NO2. The molecule has 180 valence electrons. The molecule has 0 radical (unpaired) electrons. The first-order valence-electron chi connectivity index (χ1n) is 10.4. The molecule has 1 aliphatic rings. The molecule has 3 aromatic rings. The Hall–Kier alpha value is -2.94. The van der Waals surface area contributed by atoms with Crippen molar-refractivity contribution in [3.8, 4) is 5.75 Å². The van der Waals surface area contributed by atoms with Crippen LogP contribution in [0.15, 0.2) is 48.5 Å². The van der Waals surface area contributed by atoms with Gasteiger partial charge in [0.05, 0.1) is 16.7 Å². The van der Waals surface area contributed by atoms with Gasteiger partial charge in [-0.2, -0.15) is 26.3 Å². The standard InChI is InChI=1S/C24H18ClF6NO2/c25-20-11-18(22(33)32-15-4-3-5-15)21(17-7-2-1-6-16(17)20)34-12-13-8-9-14(23(26,27)28)10-19(13)24(29,30)31/h1-2,6-11,15H,3-5,12H2,(H,32,33). The number of ether oxygens (including phenoxy) is 1. The lowest BCUT2D eigenvalue weighted by molar-refractivity contribution is -0.143. The van der Waals surface area contributed by atoms with Gasteiger partial charge in [-0.05, 0) is 37.5 Å². The molecule has 0 aliphatic heterocycles. The molecule has 0 atom stereocenters. The minimum absolute atomic E-state index is 0.00449. The smallest absolute Gasteiger partial charge is 0.416 e. The summed E-state index contributed by atoms with van der Waals surface area (Å²) in [6.07, 6.45) is -7.38. The number of rotatable bonds is 5. The molecule has 0 heterocycles. The van der Waals surface area contributed by atoms with Crippen molar-refractivity contribution in [2.75, 3.05) is 0 Å². The van der Waals surface area contributed by atoms with Gasteiger partial charge in [0.1, 0.15) is 12.4 Å². The van der Waals surface area contributed by atoms with Crippen LogP contribution in [0.4, 0.5) is 26.3 Å². The van der Waals surface area contributed by atoms with E-state index in [1.807, 2.05) is 0 Å². The second-order valence-corrected chi connectivity index (χ2v) is 8.45. The lowest BCUT2D eigenvalue weighted by Gasteiger charge is -2.27. The maximum absolute atomic E-state index is 13.5. The topological polar surface area (TPSA) is 38.3 Å². The Kier molecular flexibility index (Phi) is 6.42. The highest BCUT2D eigenvalue weighted by Crippen LogP contribution is 2.39.